The van der Waals surface area contributed by atoms with Crippen molar-refractivity contribution in [3.05, 3.63) is 34.9 Å². The minimum Gasteiger partial charge on any atom is -0.327 e. The number of nitrogens with two attached hydrogens (primary N) is 1. The Hall–Kier alpha value is -2.25. The summed E-state index contributed by atoms with van der Waals surface area (Å²) >= 11 is 0. The van der Waals surface area contributed by atoms with E-state index in [1.807, 2.05) is 18.2 Å². The molecular weight excluding hydrogens is 368 g/mol. The van der Waals surface area contributed by atoms with Crippen molar-refractivity contribution in [2.75, 3.05) is 13.6 Å². The van der Waals surface area contributed by atoms with Crippen molar-refractivity contribution in [1.29, 1.82) is 0 Å². The molecule has 3 amide bonds. The smallest absolute Gasteiger partial charge is 0.255 e. The van der Waals surface area contributed by atoms with Gasteiger partial charge in [0.1, 0.15) is 6.04 Å². The summed E-state index contributed by atoms with van der Waals surface area (Å²) in [7, 11) is 2.08. The topological polar surface area (TPSA) is 95.7 Å². The van der Waals surface area contributed by atoms with Crippen molar-refractivity contribution in [2.24, 2.45) is 11.1 Å². The monoisotopic (exact) mass is 398 g/mol. The first-order chi connectivity index (χ1) is 13.8. The van der Waals surface area contributed by atoms with E-state index in [1.165, 1.54) is 6.42 Å². The van der Waals surface area contributed by atoms with E-state index in [0.29, 0.717) is 25.1 Å². The predicted molar refractivity (Wildman–Crippen MR) is 109 cm³/mol. The molecule has 1 aliphatic carbocycles. The van der Waals surface area contributed by atoms with Crippen LogP contribution in [-0.4, -0.2) is 53.2 Å². The van der Waals surface area contributed by atoms with E-state index >= 15 is 0 Å². The van der Waals surface area contributed by atoms with E-state index in [4.69, 9.17) is 5.73 Å². The largest absolute Gasteiger partial charge is 0.327 e. The van der Waals surface area contributed by atoms with Crippen molar-refractivity contribution in [1.82, 2.24) is 15.1 Å². The number of piperidine rings is 1. The third kappa shape index (κ3) is 3.69. The van der Waals surface area contributed by atoms with Gasteiger partial charge in [0.25, 0.3) is 5.91 Å². The standard InChI is InChI=1S/C22H30N4O3/c1-22(10-4-7-17(22)23)13-25(2)11-14-5-3-6-15-12-26(21(29)19(14)15)16-8-9-18(27)24-20(16)28/h3,5-6,16-17H,4,7-13,23H2,1-2H3,(H,24,27,28)/t16?,17-,22+/m0/s1. The molecule has 1 saturated heterocycles. The zero-order valence-corrected chi connectivity index (χ0v) is 17.2. The van der Waals surface area contributed by atoms with Crippen LogP contribution < -0.4 is 11.1 Å². The number of hydrogen-bond donors (Lipinski definition) is 2. The van der Waals surface area contributed by atoms with Crippen LogP contribution >= 0.6 is 0 Å². The average molecular weight is 399 g/mol. The molecule has 2 fully saturated rings. The molecule has 3 N–H and O–H groups in total. The van der Waals surface area contributed by atoms with E-state index in [9.17, 15) is 14.4 Å². The number of amides is 3. The second kappa shape index (κ2) is 7.54. The molecule has 2 aliphatic heterocycles. The summed E-state index contributed by atoms with van der Waals surface area (Å²) in [5.74, 6) is -0.747. The van der Waals surface area contributed by atoms with Gasteiger partial charge >= 0.3 is 0 Å². The molecule has 0 spiro atoms. The molecule has 1 saturated carbocycles. The predicted octanol–water partition coefficient (Wildman–Crippen LogP) is 1.40. The zero-order chi connectivity index (χ0) is 20.8. The molecule has 156 valence electrons. The van der Waals surface area contributed by atoms with Crippen molar-refractivity contribution in [3.8, 4) is 0 Å². The fraction of sp³-hybridized carbons (Fsp3) is 0.591. The summed E-state index contributed by atoms with van der Waals surface area (Å²) in [6.45, 7) is 4.23. The Morgan fingerprint density at radius 3 is 2.76 bits per heavy atom. The third-order valence-electron chi connectivity index (χ3n) is 6.87. The average Bonchev–Trinajstić information content (AvgIpc) is 3.15. The van der Waals surface area contributed by atoms with E-state index in [0.717, 1.165) is 30.5 Å². The summed E-state index contributed by atoms with van der Waals surface area (Å²) in [5.41, 5.74) is 9.10. The lowest BCUT2D eigenvalue weighted by Gasteiger charge is -2.34. The number of fused-ring (bicyclic) bond motifs is 1. The van der Waals surface area contributed by atoms with Crippen LogP contribution in [0.5, 0.6) is 0 Å². The maximum atomic E-state index is 13.2. The van der Waals surface area contributed by atoms with Crippen LogP contribution in [0.1, 0.15) is 60.5 Å². The number of carbonyl (C=O) groups excluding carboxylic acids is 3. The molecule has 2 heterocycles. The first kappa shape index (κ1) is 20.0. The fourth-order valence-electron chi connectivity index (χ4n) is 5.24. The number of nitrogens with one attached hydrogen (secondary N) is 1. The molecule has 7 nitrogen and oxygen atoms in total. The van der Waals surface area contributed by atoms with Crippen molar-refractivity contribution >= 4 is 17.7 Å². The Morgan fingerprint density at radius 1 is 1.28 bits per heavy atom. The summed E-state index contributed by atoms with van der Waals surface area (Å²) in [4.78, 5) is 40.8. The molecule has 3 atom stereocenters. The SMILES string of the molecule is CN(Cc1cccc2c1C(=O)N(C1CCC(=O)NC1=O)C2)C[C@@]1(C)CCC[C@@H]1N. The maximum absolute atomic E-state index is 13.2. The molecule has 0 bridgehead atoms. The number of benzene rings is 1. The second-order valence-electron chi connectivity index (χ2n) is 9.18. The maximum Gasteiger partial charge on any atom is 0.255 e. The van der Waals surface area contributed by atoms with E-state index in [1.54, 1.807) is 4.90 Å². The van der Waals surface area contributed by atoms with Crippen LogP contribution in [0.3, 0.4) is 0 Å². The van der Waals surface area contributed by atoms with Crippen LogP contribution in [0.2, 0.25) is 0 Å². The quantitative estimate of drug-likeness (QED) is 0.731. The first-order valence-corrected chi connectivity index (χ1v) is 10.5. The second-order valence-corrected chi connectivity index (χ2v) is 9.18. The van der Waals surface area contributed by atoms with Gasteiger partial charge in [-0.05, 0) is 42.9 Å². The molecular formula is C22H30N4O3. The number of carbonyl (C=O) groups is 3. The lowest BCUT2D eigenvalue weighted by Crippen LogP contribution is -2.52. The molecule has 1 aromatic carbocycles. The lowest BCUT2D eigenvalue weighted by molar-refractivity contribution is -0.136. The highest BCUT2D eigenvalue weighted by Crippen LogP contribution is 2.38. The Labute approximate surface area is 171 Å². The Balaban J connectivity index is 1.50. The lowest BCUT2D eigenvalue weighted by atomic mass is 9.84. The van der Waals surface area contributed by atoms with Gasteiger partial charge in [-0.2, -0.15) is 0 Å². The molecule has 0 radical (unpaired) electrons. The Morgan fingerprint density at radius 2 is 2.07 bits per heavy atom. The van der Waals surface area contributed by atoms with Crippen LogP contribution in [0.25, 0.3) is 0 Å². The minimum atomic E-state index is -0.575. The number of hydrogen-bond acceptors (Lipinski definition) is 5. The zero-order valence-electron chi connectivity index (χ0n) is 17.2. The molecule has 7 heteroatoms. The molecule has 4 rings (SSSR count). The summed E-state index contributed by atoms with van der Waals surface area (Å²) in [5, 5.41) is 2.36. The molecule has 1 aromatic rings. The fourth-order valence-corrected chi connectivity index (χ4v) is 5.24. The van der Waals surface area contributed by atoms with Crippen molar-refractivity contribution < 1.29 is 14.4 Å². The van der Waals surface area contributed by atoms with E-state index in [2.05, 4.69) is 24.2 Å². The van der Waals surface area contributed by atoms with Gasteiger partial charge in [-0.1, -0.05) is 31.5 Å². The molecule has 3 aliphatic rings. The van der Waals surface area contributed by atoms with Gasteiger partial charge in [-0.3, -0.25) is 19.7 Å². The van der Waals surface area contributed by atoms with Gasteiger partial charge in [0.05, 0.1) is 0 Å². The van der Waals surface area contributed by atoms with Crippen LogP contribution in [-0.2, 0) is 22.7 Å². The first-order valence-electron chi connectivity index (χ1n) is 10.5. The van der Waals surface area contributed by atoms with Gasteiger partial charge in [0.2, 0.25) is 11.8 Å². The highest BCUT2D eigenvalue weighted by Gasteiger charge is 2.41. The Bertz CT molecular complexity index is 854. The summed E-state index contributed by atoms with van der Waals surface area (Å²) in [6, 6.07) is 5.57. The van der Waals surface area contributed by atoms with Crippen LogP contribution in [0.15, 0.2) is 18.2 Å². The Kier molecular flexibility index (Phi) is 5.21. The number of rotatable bonds is 5. The third-order valence-corrected chi connectivity index (χ3v) is 6.87. The molecule has 0 aromatic heterocycles. The highest BCUT2D eigenvalue weighted by molar-refractivity contribution is 6.05. The van der Waals surface area contributed by atoms with E-state index in [-0.39, 0.29) is 35.6 Å². The van der Waals surface area contributed by atoms with Crippen LogP contribution in [0.4, 0.5) is 0 Å². The number of nitrogens with zero attached hydrogens (tertiary/aromatic N) is 2. The molecule has 29 heavy (non-hydrogen) atoms. The summed E-state index contributed by atoms with van der Waals surface area (Å²) in [6.07, 6.45) is 4.03. The van der Waals surface area contributed by atoms with Gasteiger partial charge in [-0.15, -0.1) is 0 Å². The van der Waals surface area contributed by atoms with Gasteiger partial charge < -0.3 is 15.5 Å². The number of imide groups is 1. The van der Waals surface area contributed by atoms with Crippen LogP contribution in [0, 0.1) is 5.41 Å². The van der Waals surface area contributed by atoms with Crippen molar-refractivity contribution in [3.63, 3.8) is 0 Å². The summed E-state index contributed by atoms with van der Waals surface area (Å²) < 4.78 is 0. The minimum absolute atomic E-state index is 0.107. The normalized spacial score (nSPS) is 29.5. The van der Waals surface area contributed by atoms with Gasteiger partial charge in [0, 0.05) is 37.7 Å². The van der Waals surface area contributed by atoms with Gasteiger partial charge in [-0.25, -0.2) is 0 Å². The molecule has 1 unspecified atom stereocenters. The van der Waals surface area contributed by atoms with E-state index < -0.39 is 6.04 Å². The van der Waals surface area contributed by atoms with Crippen molar-refractivity contribution in [2.45, 2.75) is 64.2 Å². The van der Waals surface area contributed by atoms with Gasteiger partial charge in [0.15, 0.2) is 0 Å². The highest BCUT2D eigenvalue weighted by atomic mass is 16.2.